The summed E-state index contributed by atoms with van der Waals surface area (Å²) in [4.78, 5) is 34.7. The van der Waals surface area contributed by atoms with Crippen LogP contribution in [0, 0.1) is 0 Å². The molecule has 0 atom stereocenters. The molecule has 4 N–H and O–H groups in total. The molecule has 0 saturated heterocycles. The molecular weight excluding hydrogens is 435 g/mol. The van der Waals surface area contributed by atoms with Gasteiger partial charge >= 0.3 is 11.8 Å². The van der Waals surface area contributed by atoms with Crippen molar-refractivity contribution >= 4 is 52.8 Å². The zero-order valence-corrected chi connectivity index (χ0v) is 17.3. The van der Waals surface area contributed by atoms with Gasteiger partial charge in [-0.05, 0) is 48.9 Å². The first-order valence-corrected chi connectivity index (χ1v) is 9.32. The molecular formula is C19H18Cl2N4O5. The number of carbonyl (C=O) groups is 3. The largest absolute Gasteiger partial charge is 0.490 e. The van der Waals surface area contributed by atoms with Crippen LogP contribution in [-0.4, -0.2) is 37.1 Å². The molecule has 0 aromatic heterocycles. The van der Waals surface area contributed by atoms with E-state index in [4.69, 9.17) is 38.4 Å². The third-order valence-electron chi connectivity index (χ3n) is 3.34. The van der Waals surface area contributed by atoms with Gasteiger partial charge < -0.3 is 20.5 Å². The lowest BCUT2D eigenvalue weighted by atomic mass is 10.2. The molecule has 0 bridgehead atoms. The predicted octanol–water partition coefficient (Wildman–Crippen LogP) is 2.34. The van der Waals surface area contributed by atoms with Crippen LogP contribution in [0.4, 0.5) is 5.69 Å². The first-order chi connectivity index (χ1) is 14.3. The number of amides is 3. The number of hydrazone groups is 1. The van der Waals surface area contributed by atoms with Crippen molar-refractivity contribution in [3.05, 3.63) is 52.0 Å². The topological polar surface area (TPSA) is 132 Å². The quantitative estimate of drug-likeness (QED) is 0.321. The molecule has 2 aromatic carbocycles. The molecule has 0 radical (unpaired) electrons. The number of benzene rings is 2. The number of hydrogen-bond donors (Lipinski definition) is 3. The Bertz CT molecular complexity index is 961. The minimum atomic E-state index is -0.992. The minimum Gasteiger partial charge on any atom is -0.490 e. The average Bonchev–Trinajstić information content (AvgIpc) is 2.66. The first-order valence-electron chi connectivity index (χ1n) is 8.57. The number of anilines is 1. The maximum Gasteiger partial charge on any atom is 0.329 e. The monoisotopic (exact) mass is 452 g/mol. The van der Waals surface area contributed by atoms with E-state index in [0.717, 1.165) is 0 Å². The van der Waals surface area contributed by atoms with Gasteiger partial charge in [-0.15, -0.1) is 0 Å². The second kappa shape index (κ2) is 11.0. The van der Waals surface area contributed by atoms with Crippen LogP contribution in [0.1, 0.15) is 12.5 Å². The number of rotatable bonds is 8. The summed E-state index contributed by atoms with van der Waals surface area (Å²) in [6.07, 6.45) is 1.31. The standard InChI is InChI=1S/C19H18Cl2N4O5/c1-2-29-16-5-11(3-4-15(16)30-10-17(22)26)9-23-25-19(28)18(27)24-14-7-12(20)6-13(21)8-14/h3-9H,2,10H2,1H3,(H2,22,26)(H,24,27)(H,25,28). The van der Waals surface area contributed by atoms with Crippen LogP contribution in [0.2, 0.25) is 10.0 Å². The Hall–Kier alpha value is -3.30. The van der Waals surface area contributed by atoms with Gasteiger partial charge in [-0.25, -0.2) is 5.43 Å². The summed E-state index contributed by atoms with van der Waals surface area (Å²) >= 11 is 11.7. The Morgan fingerprint density at radius 1 is 1.03 bits per heavy atom. The van der Waals surface area contributed by atoms with Crippen LogP contribution in [0.25, 0.3) is 0 Å². The summed E-state index contributed by atoms with van der Waals surface area (Å²) in [5.41, 5.74) is 7.99. The Morgan fingerprint density at radius 2 is 1.73 bits per heavy atom. The van der Waals surface area contributed by atoms with Crippen LogP contribution in [0.5, 0.6) is 11.5 Å². The summed E-state index contributed by atoms with van der Waals surface area (Å²) in [6, 6.07) is 9.14. The lowest BCUT2D eigenvalue weighted by Crippen LogP contribution is -2.32. The number of ether oxygens (including phenoxy) is 2. The molecule has 30 heavy (non-hydrogen) atoms. The van der Waals surface area contributed by atoms with E-state index in [2.05, 4.69) is 15.8 Å². The smallest absolute Gasteiger partial charge is 0.329 e. The van der Waals surface area contributed by atoms with Gasteiger partial charge in [0.2, 0.25) is 0 Å². The number of hydrogen-bond acceptors (Lipinski definition) is 6. The fraction of sp³-hybridized carbons (Fsp3) is 0.158. The maximum absolute atomic E-state index is 11.9. The van der Waals surface area contributed by atoms with E-state index in [1.807, 2.05) is 0 Å². The van der Waals surface area contributed by atoms with Gasteiger partial charge in [-0.1, -0.05) is 23.2 Å². The second-order valence-corrected chi connectivity index (χ2v) is 6.58. The third-order valence-corrected chi connectivity index (χ3v) is 3.78. The summed E-state index contributed by atoms with van der Waals surface area (Å²) in [7, 11) is 0. The number of nitrogens with one attached hydrogen (secondary N) is 2. The summed E-state index contributed by atoms with van der Waals surface area (Å²) in [5, 5.41) is 6.72. The van der Waals surface area contributed by atoms with Crippen molar-refractivity contribution in [2.75, 3.05) is 18.5 Å². The van der Waals surface area contributed by atoms with E-state index in [1.165, 1.54) is 24.4 Å². The fourth-order valence-electron chi connectivity index (χ4n) is 2.17. The number of primary amides is 1. The highest BCUT2D eigenvalue weighted by molar-refractivity contribution is 6.40. The molecule has 3 amide bonds. The van der Waals surface area contributed by atoms with E-state index >= 15 is 0 Å². The van der Waals surface area contributed by atoms with Gasteiger partial charge in [0, 0.05) is 15.7 Å². The summed E-state index contributed by atoms with van der Waals surface area (Å²) < 4.78 is 10.7. The van der Waals surface area contributed by atoms with Crippen molar-refractivity contribution in [1.29, 1.82) is 0 Å². The van der Waals surface area contributed by atoms with E-state index in [9.17, 15) is 14.4 Å². The minimum absolute atomic E-state index is 0.268. The number of nitrogens with zero attached hydrogens (tertiary/aromatic N) is 1. The maximum atomic E-state index is 11.9. The SMILES string of the molecule is CCOc1cc(C=NNC(=O)C(=O)Nc2cc(Cl)cc(Cl)c2)ccc1OCC(N)=O. The lowest BCUT2D eigenvalue weighted by Gasteiger charge is -2.11. The molecule has 0 aliphatic rings. The molecule has 0 unspecified atom stereocenters. The van der Waals surface area contributed by atoms with Crippen molar-refractivity contribution in [2.45, 2.75) is 6.92 Å². The van der Waals surface area contributed by atoms with Gasteiger partial charge in [0.25, 0.3) is 5.91 Å². The third kappa shape index (κ3) is 7.26. The average molecular weight is 453 g/mol. The zero-order valence-electron chi connectivity index (χ0n) is 15.8. The van der Waals surface area contributed by atoms with E-state index in [-0.39, 0.29) is 12.3 Å². The molecule has 0 fully saturated rings. The molecule has 2 aromatic rings. The van der Waals surface area contributed by atoms with Crippen molar-refractivity contribution in [2.24, 2.45) is 10.8 Å². The molecule has 0 heterocycles. The van der Waals surface area contributed by atoms with Gasteiger partial charge in [0.1, 0.15) is 0 Å². The van der Waals surface area contributed by atoms with Gasteiger partial charge in [0.15, 0.2) is 18.1 Å². The first kappa shape index (κ1) is 23.0. The molecule has 0 aliphatic heterocycles. The molecule has 2 rings (SSSR count). The number of carbonyl (C=O) groups excluding carboxylic acids is 3. The predicted molar refractivity (Wildman–Crippen MR) is 113 cm³/mol. The van der Waals surface area contributed by atoms with Gasteiger partial charge in [-0.2, -0.15) is 5.10 Å². The normalized spacial score (nSPS) is 10.5. The molecule has 0 saturated carbocycles. The Morgan fingerprint density at radius 3 is 2.37 bits per heavy atom. The second-order valence-electron chi connectivity index (χ2n) is 5.71. The van der Waals surface area contributed by atoms with E-state index in [0.29, 0.717) is 33.7 Å². The molecule has 158 valence electrons. The van der Waals surface area contributed by atoms with Crippen LogP contribution in [0.3, 0.4) is 0 Å². The Labute approximate surface area is 182 Å². The van der Waals surface area contributed by atoms with Crippen molar-refractivity contribution < 1.29 is 23.9 Å². The zero-order chi connectivity index (χ0) is 22.1. The number of halogens is 2. The fourth-order valence-corrected chi connectivity index (χ4v) is 2.70. The van der Waals surface area contributed by atoms with Crippen LogP contribution < -0.4 is 25.9 Å². The highest BCUT2D eigenvalue weighted by Gasteiger charge is 2.13. The van der Waals surface area contributed by atoms with Gasteiger partial charge in [-0.3, -0.25) is 14.4 Å². The highest BCUT2D eigenvalue weighted by atomic mass is 35.5. The van der Waals surface area contributed by atoms with Gasteiger partial charge in [0.05, 0.1) is 12.8 Å². The van der Waals surface area contributed by atoms with Crippen LogP contribution >= 0.6 is 23.2 Å². The van der Waals surface area contributed by atoms with Crippen molar-refractivity contribution in [3.63, 3.8) is 0 Å². The van der Waals surface area contributed by atoms with Crippen molar-refractivity contribution in [1.82, 2.24) is 5.43 Å². The molecule has 0 spiro atoms. The van der Waals surface area contributed by atoms with Crippen LogP contribution in [0.15, 0.2) is 41.5 Å². The van der Waals surface area contributed by atoms with E-state index in [1.54, 1.807) is 25.1 Å². The summed E-state index contributed by atoms with van der Waals surface area (Å²) in [6.45, 7) is 1.85. The summed E-state index contributed by atoms with van der Waals surface area (Å²) in [5.74, 6) is -1.87. The molecule has 11 heteroatoms. The molecule has 0 aliphatic carbocycles. The Kier molecular flexibility index (Phi) is 8.45. The highest BCUT2D eigenvalue weighted by Crippen LogP contribution is 2.28. The molecule has 9 nitrogen and oxygen atoms in total. The van der Waals surface area contributed by atoms with Crippen molar-refractivity contribution in [3.8, 4) is 11.5 Å². The lowest BCUT2D eigenvalue weighted by molar-refractivity contribution is -0.136. The number of nitrogens with two attached hydrogens (primary N) is 1. The van der Waals surface area contributed by atoms with Crippen LogP contribution in [-0.2, 0) is 14.4 Å². The van der Waals surface area contributed by atoms with E-state index < -0.39 is 17.7 Å². The Balaban J connectivity index is 1.99.